The molecule has 1 aliphatic heterocycles. The van der Waals surface area contributed by atoms with Gasteiger partial charge < -0.3 is 10.2 Å². The Morgan fingerprint density at radius 2 is 2.16 bits per heavy atom. The van der Waals surface area contributed by atoms with Crippen molar-refractivity contribution < 1.29 is 4.79 Å². The molecule has 5 heteroatoms. The molecule has 2 rings (SSSR count). The second kappa shape index (κ2) is 7.48. The summed E-state index contributed by atoms with van der Waals surface area (Å²) in [5, 5.41) is 3.94. The van der Waals surface area contributed by atoms with E-state index in [1.807, 2.05) is 12.1 Å². The molecule has 104 valence electrons. The molecular weight excluding hydrogens is 306 g/mol. The van der Waals surface area contributed by atoms with E-state index in [4.69, 9.17) is 0 Å². The molecule has 1 amide bonds. The normalized spacial score (nSPS) is 14.7. The third kappa shape index (κ3) is 4.20. The molecule has 19 heavy (non-hydrogen) atoms. The molecule has 0 saturated carbocycles. The number of nitrogens with one attached hydrogen (secondary N) is 1. The molecule has 0 radical (unpaired) electrons. The van der Waals surface area contributed by atoms with Gasteiger partial charge in [-0.15, -0.1) is 0 Å². The second-order valence-electron chi connectivity index (χ2n) is 4.76. The van der Waals surface area contributed by atoms with Gasteiger partial charge in [0, 0.05) is 31.0 Å². The molecule has 2 heterocycles. The van der Waals surface area contributed by atoms with Crippen molar-refractivity contribution in [2.24, 2.45) is 0 Å². The van der Waals surface area contributed by atoms with E-state index in [-0.39, 0.29) is 5.91 Å². The lowest BCUT2D eigenvalue weighted by Crippen LogP contribution is -2.22. The summed E-state index contributed by atoms with van der Waals surface area (Å²) >= 11 is 3.37. The minimum atomic E-state index is 0.0781. The molecule has 4 nitrogen and oxygen atoms in total. The molecule has 0 spiro atoms. The fourth-order valence-electron chi connectivity index (χ4n) is 2.27. The third-order valence-electron chi connectivity index (χ3n) is 3.25. The van der Waals surface area contributed by atoms with Gasteiger partial charge in [0.1, 0.15) is 0 Å². The monoisotopic (exact) mass is 325 g/mol. The van der Waals surface area contributed by atoms with Gasteiger partial charge >= 0.3 is 0 Å². The van der Waals surface area contributed by atoms with Crippen molar-refractivity contribution in [3.63, 3.8) is 0 Å². The van der Waals surface area contributed by atoms with E-state index in [2.05, 4.69) is 31.1 Å². The molecule has 0 aromatic carbocycles. The van der Waals surface area contributed by atoms with Gasteiger partial charge in [0.15, 0.2) is 5.82 Å². The largest absolute Gasteiger partial charge is 0.355 e. The predicted octanol–water partition coefficient (Wildman–Crippen LogP) is 3.19. The van der Waals surface area contributed by atoms with Crippen LogP contribution in [0.2, 0.25) is 0 Å². The standard InChI is InChI=1S/C14H20BrN3O/c15-8-2-1-7-13(19)17-12-6-5-9-16-14(12)18-10-3-4-11-18/h5-6,9H,1-4,7-8,10-11H2,(H,17,19). The van der Waals surface area contributed by atoms with E-state index in [1.54, 1.807) is 6.20 Å². The summed E-state index contributed by atoms with van der Waals surface area (Å²) in [5.74, 6) is 0.989. The van der Waals surface area contributed by atoms with Gasteiger partial charge in [0.2, 0.25) is 5.91 Å². The SMILES string of the molecule is O=C(CCCCBr)Nc1cccnc1N1CCCC1. The maximum atomic E-state index is 11.9. The Morgan fingerprint density at radius 1 is 1.37 bits per heavy atom. The highest BCUT2D eigenvalue weighted by Gasteiger charge is 2.17. The number of hydrogen-bond donors (Lipinski definition) is 1. The van der Waals surface area contributed by atoms with Gasteiger partial charge in [-0.25, -0.2) is 4.98 Å². The maximum absolute atomic E-state index is 11.9. The van der Waals surface area contributed by atoms with Crippen LogP contribution in [0.25, 0.3) is 0 Å². The fourth-order valence-corrected chi connectivity index (χ4v) is 2.66. The molecule has 0 aliphatic carbocycles. The molecule has 1 fully saturated rings. The van der Waals surface area contributed by atoms with Gasteiger partial charge in [-0.3, -0.25) is 4.79 Å². The topological polar surface area (TPSA) is 45.2 Å². The quantitative estimate of drug-likeness (QED) is 0.645. The van der Waals surface area contributed by atoms with Gasteiger partial charge in [-0.1, -0.05) is 15.9 Å². The first-order valence-corrected chi connectivity index (χ1v) is 7.99. The molecule has 0 unspecified atom stereocenters. The minimum absolute atomic E-state index is 0.0781. The van der Waals surface area contributed by atoms with E-state index >= 15 is 0 Å². The molecule has 1 aromatic heterocycles. The Kier molecular flexibility index (Phi) is 5.63. The van der Waals surface area contributed by atoms with Crippen LogP contribution in [0.1, 0.15) is 32.1 Å². The number of hydrogen-bond acceptors (Lipinski definition) is 3. The number of aromatic nitrogens is 1. The number of rotatable bonds is 6. The Morgan fingerprint density at radius 3 is 2.89 bits per heavy atom. The van der Waals surface area contributed by atoms with Crippen LogP contribution in [-0.4, -0.2) is 29.3 Å². The minimum Gasteiger partial charge on any atom is -0.355 e. The van der Waals surface area contributed by atoms with Crippen LogP contribution >= 0.6 is 15.9 Å². The van der Waals surface area contributed by atoms with Crippen molar-refractivity contribution in [3.8, 4) is 0 Å². The Bertz CT molecular complexity index is 419. The number of carbonyl (C=O) groups excluding carboxylic acids is 1. The zero-order valence-corrected chi connectivity index (χ0v) is 12.7. The molecule has 1 aromatic rings. The number of pyridine rings is 1. The van der Waals surface area contributed by atoms with Crippen LogP contribution in [0.15, 0.2) is 18.3 Å². The smallest absolute Gasteiger partial charge is 0.224 e. The van der Waals surface area contributed by atoms with Crippen molar-refractivity contribution in [3.05, 3.63) is 18.3 Å². The number of anilines is 2. The van der Waals surface area contributed by atoms with E-state index in [0.29, 0.717) is 6.42 Å². The van der Waals surface area contributed by atoms with E-state index in [1.165, 1.54) is 12.8 Å². The van der Waals surface area contributed by atoms with Gasteiger partial charge in [0.25, 0.3) is 0 Å². The van der Waals surface area contributed by atoms with Crippen LogP contribution in [-0.2, 0) is 4.79 Å². The first-order chi connectivity index (χ1) is 9.31. The summed E-state index contributed by atoms with van der Waals surface area (Å²) < 4.78 is 0. The molecular formula is C14H20BrN3O. The number of nitrogens with zero attached hydrogens (tertiary/aromatic N) is 2. The average Bonchev–Trinajstić information content (AvgIpc) is 2.93. The van der Waals surface area contributed by atoms with Gasteiger partial charge in [-0.05, 0) is 37.8 Å². The highest BCUT2D eigenvalue weighted by molar-refractivity contribution is 9.09. The number of carbonyl (C=O) groups is 1. The number of unbranched alkanes of at least 4 members (excludes halogenated alkanes) is 1. The first-order valence-electron chi connectivity index (χ1n) is 6.87. The summed E-state index contributed by atoms with van der Waals surface area (Å²) in [6.07, 6.45) is 6.70. The lowest BCUT2D eigenvalue weighted by atomic mass is 10.2. The Hall–Kier alpha value is -1.10. The van der Waals surface area contributed by atoms with Crippen LogP contribution in [0.3, 0.4) is 0 Å². The molecule has 1 aliphatic rings. The lowest BCUT2D eigenvalue weighted by molar-refractivity contribution is -0.116. The second-order valence-corrected chi connectivity index (χ2v) is 5.56. The van der Waals surface area contributed by atoms with Crippen LogP contribution in [0, 0.1) is 0 Å². The lowest BCUT2D eigenvalue weighted by Gasteiger charge is -2.19. The van der Waals surface area contributed by atoms with Crippen molar-refractivity contribution in [2.75, 3.05) is 28.6 Å². The summed E-state index contributed by atoms with van der Waals surface area (Å²) in [5.41, 5.74) is 0.841. The predicted molar refractivity (Wildman–Crippen MR) is 82.0 cm³/mol. The van der Waals surface area contributed by atoms with Crippen molar-refractivity contribution in [2.45, 2.75) is 32.1 Å². The summed E-state index contributed by atoms with van der Waals surface area (Å²) in [6, 6.07) is 3.80. The summed E-state index contributed by atoms with van der Waals surface area (Å²) in [6.45, 7) is 2.06. The van der Waals surface area contributed by atoms with Crippen molar-refractivity contribution in [1.82, 2.24) is 4.98 Å². The Balaban J connectivity index is 1.97. The zero-order chi connectivity index (χ0) is 13.5. The number of alkyl halides is 1. The van der Waals surface area contributed by atoms with E-state index in [0.717, 1.165) is 42.8 Å². The average molecular weight is 326 g/mol. The third-order valence-corrected chi connectivity index (χ3v) is 3.81. The highest BCUT2D eigenvalue weighted by Crippen LogP contribution is 2.26. The van der Waals surface area contributed by atoms with Crippen LogP contribution in [0.4, 0.5) is 11.5 Å². The van der Waals surface area contributed by atoms with Crippen LogP contribution in [0.5, 0.6) is 0 Å². The van der Waals surface area contributed by atoms with Gasteiger partial charge in [0.05, 0.1) is 5.69 Å². The van der Waals surface area contributed by atoms with Crippen molar-refractivity contribution >= 4 is 33.3 Å². The van der Waals surface area contributed by atoms with E-state index < -0.39 is 0 Å². The molecule has 0 atom stereocenters. The summed E-state index contributed by atoms with van der Waals surface area (Å²) in [7, 11) is 0. The van der Waals surface area contributed by atoms with Gasteiger partial charge in [-0.2, -0.15) is 0 Å². The molecule has 0 bridgehead atoms. The molecule has 1 saturated heterocycles. The number of halogens is 1. The summed E-state index contributed by atoms with van der Waals surface area (Å²) in [4.78, 5) is 18.5. The maximum Gasteiger partial charge on any atom is 0.224 e. The zero-order valence-electron chi connectivity index (χ0n) is 11.1. The van der Waals surface area contributed by atoms with Crippen molar-refractivity contribution in [1.29, 1.82) is 0 Å². The Labute approximate surface area is 122 Å². The van der Waals surface area contributed by atoms with Crippen LogP contribution < -0.4 is 10.2 Å². The highest BCUT2D eigenvalue weighted by atomic mass is 79.9. The molecule has 1 N–H and O–H groups in total. The number of amides is 1. The van der Waals surface area contributed by atoms with E-state index in [9.17, 15) is 4.79 Å². The first kappa shape index (κ1) is 14.3. The fraction of sp³-hybridized carbons (Fsp3) is 0.571.